The van der Waals surface area contributed by atoms with Gasteiger partial charge in [-0.1, -0.05) is 18.9 Å². The van der Waals surface area contributed by atoms with Crippen molar-refractivity contribution in [3.8, 4) is 0 Å². The molecule has 1 aliphatic rings. The Balaban J connectivity index is 1.72. The van der Waals surface area contributed by atoms with E-state index in [0.29, 0.717) is 5.88 Å². The summed E-state index contributed by atoms with van der Waals surface area (Å²) in [6.07, 6.45) is 9.04. The van der Waals surface area contributed by atoms with Crippen LogP contribution in [-0.2, 0) is 6.54 Å². The minimum Gasteiger partial charge on any atom is -0.307 e. The summed E-state index contributed by atoms with van der Waals surface area (Å²) in [7, 11) is 0. The summed E-state index contributed by atoms with van der Waals surface area (Å²) in [5, 5.41) is 3.61. The predicted octanol–water partition coefficient (Wildman–Crippen LogP) is 2.98. The van der Waals surface area contributed by atoms with Gasteiger partial charge in [0.15, 0.2) is 0 Å². The second kappa shape index (κ2) is 4.90. The average molecular weight is 264 g/mol. The highest BCUT2D eigenvalue weighted by atomic mass is 35.5. The Bertz CT molecular complexity index is 496. The number of nitrogens with zero attached hydrogens (tertiary/aromatic N) is 2. The summed E-state index contributed by atoms with van der Waals surface area (Å²) < 4.78 is 2.05. The molecule has 0 aliphatic heterocycles. The third kappa shape index (κ3) is 2.25. The van der Waals surface area contributed by atoms with Gasteiger partial charge in [0.05, 0.1) is 5.69 Å². The molecular weight excluding hydrogens is 246 g/mol. The standard InChI is InChI=1S/C14H18ClN3/c15-11-14(6-2-3-7-14)16-9-12-10-18-8-4-1-5-13(18)17-12/h1,4-5,8,10,16H,2-3,6-7,9,11H2. The number of pyridine rings is 1. The van der Waals surface area contributed by atoms with Crippen molar-refractivity contribution < 1.29 is 0 Å². The highest BCUT2D eigenvalue weighted by molar-refractivity contribution is 6.18. The lowest BCUT2D eigenvalue weighted by atomic mass is 10.0. The van der Waals surface area contributed by atoms with Crippen LogP contribution in [0.4, 0.5) is 0 Å². The second-order valence-electron chi connectivity index (χ2n) is 5.17. The van der Waals surface area contributed by atoms with Crippen LogP contribution in [0.5, 0.6) is 0 Å². The molecule has 0 bridgehead atoms. The van der Waals surface area contributed by atoms with Crippen molar-refractivity contribution in [3.05, 3.63) is 36.3 Å². The number of aromatic nitrogens is 2. The van der Waals surface area contributed by atoms with E-state index in [9.17, 15) is 0 Å². The van der Waals surface area contributed by atoms with Gasteiger partial charge < -0.3 is 9.72 Å². The highest BCUT2D eigenvalue weighted by Crippen LogP contribution is 2.30. The van der Waals surface area contributed by atoms with E-state index in [2.05, 4.69) is 20.9 Å². The van der Waals surface area contributed by atoms with Gasteiger partial charge in [0.25, 0.3) is 0 Å². The molecule has 0 spiro atoms. The summed E-state index contributed by atoms with van der Waals surface area (Å²) in [5.74, 6) is 0.695. The van der Waals surface area contributed by atoms with Crippen molar-refractivity contribution >= 4 is 17.2 Å². The minimum absolute atomic E-state index is 0.136. The van der Waals surface area contributed by atoms with E-state index in [-0.39, 0.29) is 5.54 Å². The van der Waals surface area contributed by atoms with Gasteiger partial charge in [-0.15, -0.1) is 11.6 Å². The number of halogens is 1. The molecule has 0 saturated heterocycles. The first-order valence-corrected chi connectivity index (χ1v) is 7.08. The Hall–Kier alpha value is -1.06. The highest BCUT2D eigenvalue weighted by Gasteiger charge is 2.32. The lowest BCUT2D eigenvalue weighted by molar-refractivity contribution is 0.366. The van der Waals surface area contributed by atoms with Crippen molar-refractivity contribution in [2.24, 2.45) is 0 Å². The second-order valence-corrected chi connectivity index (χ2v) is 5.44. The van der Waals surface area contributed by atoms with Crippen molar-refractivity contribution in [2.45, 2.75) is 37.8 Å². The molecular formula is C14H18ClN3. The molecule has 1 fully saturated rings. The SMILES string of the molecule is ClCC1(NCc2cn3ccccc3n2)CCCC1. The Morgan fingerprint density at radius 2 is 2.17 bits per heavy atom. The maximum Gasteiger partial charge on any atom is 0.137 e. The van der Waals surface area contributed by atoms with Crippen molar-refractivity contribution in [3.63, 3.8) is 0 Å². The first kappa shape index (κ1) is 12.0. The number of rotatable bonds is 4. The summed E-state index contributed by atoms with van der Waals surface area (Å²) in [4.78, 5) is 4.60. The van der Waals surface area contributed by atoms with Crippen LogP contribution in [0.25, 0.3) is 5.65 Å². The summed E-state index contributed by atoms with van der Waals surface area (Å²) in [6.45, 7) is 0.800. The Labute approximate surface area is 112 Å². The van der Waals surface area contributed by atoms with E-state index >= 15 is 0 Å². The third-order valence-corrected chi connectivity index (χ3v) is 4.39. The first-order valence-electron chi connectivity index (χ1n) is 6.55. The van der Waals surface area contributed by atoms with Gasteiger partial charge in [-0.2, -0.15) is 0 Å². The molecule has 4 heteroatoms. The molecule has 1 saturated carbocycles. The van der Waals surface area contributed by atoms with Crippen LogP contribution in [-0.4, -0.2) is 20.8 Å². The molecule has 2 aromatic heterocycles. The molecule has 0 aromatic carbocycles. The fourth-order valence-corrected chi connectivity index (χ4v) is 3.12. The lowest BCUT2D eigenvalue weighted by Gasteiger charge is -2.27. The third-order valence-electron chi connectivity index (χ3n) is 3.87. The number of nitrogens with one attached hydrogen (secondary N) is 1. The topological polar surface area (TPSA) is 29.3 Å². The molecule has 96 valence electrons. The summed E-state index contributed by atoms with van der Waals surface area (Å²) >= 11 is 6.12. The van der Waals surface area contributed by atoms with Crippen molar-refractivity contribution in [1.29, 1.82) is 0 Å². The van der Waals surface area contributed by atoms with E-state index < -0.39 is 0 Å². The van der Waals surface area contributed by atoms with E-state index in [1.165, 1.54) is 25.7 Å². The van der Waals surface area contributed by atoms with Gasteiger partial charge in [-0.3, -0.25) is 0 Å². The van der Waals surface area contributed by atoms with E-state index in [1.807, 2.05) is 24.4 Å². The molecule has 18 heavy (non-hydrogen) atoms. The van der Waals surface area contributed by atoms with Gasteiger partial charge in [-0.25, -0.2) is 4.98 Å². The first-order chi connectivity index (χ1) is 8.81. The molecule has 0 amide bonds. The number of imidazole rings is 1. The average Bonchev–Trinajstić information content (AvgIpc) is 3.03. The van der Waals surface area contributed by atoms with Gasteiger partial charge in [-0.05, 0) is 25.0 Å². The lowest BCUT2D eigenvalue weighted by Crippen LogP contribution is -2.44. The van der Waals surface area contributed by atoms with Crippen LogP contribution in [0.3, 0.4) is 0 Å². The van der Waals surface area contributed by atoms with Crippen LogP contribution in [0.1, 0.15) is 31.4 Å². The maximum atomic E-state index is 6.12. The van der Waals surface area contributed by atoms with Crippen LogP contribution in [0.15, 0.2) is 30.6 Å². The van der Waals surface area contributed by atoms with Gasteiger partial charge in [0.2, 0.25) is 0 Å². The molecule has 3 rings (SSSR count). The Morgan fingerprint density at radius 3 is 2.89 bits per heavy atom. The smallest absolute Gasteiger partial charge is 0.137 e. The van der Waals surface area contributed by atoms with Gasteiger partial charge in [0.1, 0.15) is 5.65 Å². The van der Waals surface area contributed by atoms with E-state index in [4.69, 9.17) is 11.6 Å². The normalized spacial score (nSPS) is 18.5. The summed E-state index contributed by atoms with van der Waals surface area (Å²) in [5.41, 5.74) is 2.22. The largest absolute Gasteiger partial charge is 0.307 e. The van der Waals surface area contributed by atoms with E-state index in [1.54, 1.807) is 0 Å². The quantitative estimate of drug-likeness (QED) is 0.860. The van der Waals surface area contributed by atoms with Crippen LogP contribution in [0, 0.1) is 0 Å². The van der Waals surface area contributed by atoms with Crippen molar-refractivity contribution in [2.75, 3.05) is 5.88 Å². The number of hydrogen-bond acceptors (Lipinski definition) is 2. The predicted molar refractivity (Wildman–Crippen MR) is 74.0 cm³/mol. The zero-order chi connectivity index (χ0) is 12.4. The summed E-state index contributed by atoms with van der Waals surface area (Å²) in [6, 6.07) is 6.05. The van der Waals surface area contributed by atoms with Crippen molar-refractivity contribution in [1.82, 2.24) is 14.7 Å². The maximum absolute atomic E-state index is 6.12. The fraction of sp³-hybridized carbons (Fsp3) is 0.500. The zero-order valence-electron chi connectivity index (χ0n) is 10.4. The monoisotopic (exact) mass is 263 g/mol. The van der Waals surface area contributed by atoms with E-state index in [0.717, 1.165) is 17.9 Å². The molecule has 3 nitrogen and oxygen atoms in total. The molecule has 1 N–H and O–H groups in total. The zero-order valence-corrected chi connectivity index (χ0v) is 11.2. The molecule has 0 atom stereocenters. The molecule has 0 unspecified atom stereocenters. The van der Waals surface area contributed by atoms with Crippen LogP contribution >= 0.6 is 11.6 Å². The fourth-order valence-electron chi connectivity index (χ4n) is 2.76. The Kier molecular flexibility index (Phi) is 3.27. The Morgan fingerprint density at radius 1 is 1.33 bits per heavy atom. The van der Waals surface area contributed by atoms with Crippen LogP contribution in [0.2, 0.25) is 0 Å². The van der Waals surface area contributed by atoms with Gasteiger partial charge in [0, 0.05) is 30.4 Å². The minimum atomic E-state index is 0.136. The molecule has 2 heterocycles. The number of fused-ring (bicyclic) bond motifs is 1. The molecule has 1 aliphatic carbocycles. The molecule has 0 radical (unpaired) electrons. The van der Waals surface area contributed by atoms with Gasteiger partial charge >= 0.3 is 0 Å². The number of hydrogen-bond donors (Lipinski definition) is 1. The van der Waals surface area contributed by atoms with Crippen LogP contribution < -0.4 is 5.32 Å². The number of alkyl halides is 1. The molecule has 2 aromatic rings.